The Kier molecular flexibility index (Phi) is 1.95. The Morgan fingerprint density at radius 1 is 1.57 bits per heavy atom. The average Bonchev–Trinajstić information content (AvgIpc) is 2.54. The van der Waals surface area contributed by atoms with E-state index < -0.39 is 5.97 Å². The predicted molar refractivity (Wildman–Crippen MR) is 51.3 cm³/mol. The van der Waals surface area contributed by atoms with Crippen LogP contribution in [0.4, 0.5) is 0 Å². The number of hydrogen-bond donors (Lipinski definition) is 1. The topological polar surface area (TPSA) is 46.5 Å². The molecule has 1 aromatic carbocycles. The maximum absolute atomic E-state index is 11.3. The Balaban J connectivity index is 2.70. The van der Waals surface area contributed by atoms with E-state index in [4.69, 9.17) is 4.74 Å². The first-order chi connectivity index (χ1) is 6.65. The molecule has 0 atom stereocenters. The molecule has 0 unspecified atom stereocenters. The number of phenols is 1. The second-order valence-corrected chi connectivity index (χ2v) is 3.46. The zero-order valence-corrected chi connectivity index (χ0v) is 8.26. The third kappa shape index (κ3) is 1.09. The van der Waals surface area contributed by atoms with Gasteiger partial charge in [-0.3, -0.25) is 0 Å². The van der Waals surface area contributed by atoms with E-state index in [2.05, 4.69) is 0 Å². The van der Waals surface area contributed by atoms with Crippen molar-refractivity contribution in [3.63, 3.8) is 0 Å². The van der Waals surface area contributed by atoms with Gasteiger partial charge in [-0.2, -0.15) is 0 Å². The van der Waals surface area contributed by atoms with Crippen molar-refractivity contribution in [1.82, 2.24) is 0 Å². The van der Waals surface area contributed by atoms with Gasteiger partial charge >= 0.3 is 5.97 Å². The maximum Gasteiger partial charge on any atom is 0.342 e. The molecule has 2 rings (SSSR count). The van der Waals surface area contributed by atoms with Crippen LogP contribution in [0.3, 0.4) is 0 Å². The van der Waals surface area contributed by atoms with Crippen LogP contribution >= 0.6 is 0 Å². The Morgan fingerprint density at radius 2 is 2.29 bits per heavy atom. The number of phenolic OH excluding ortho intramolecular Hbond substituents is 1. The lowest BCUT2D eigenvalue weighted by Crippen LogP contribution is -1.98. The molecule has 0 aliphatic carbocycles. The number of rotatable bonds is 1. The van der Waals surface area contributed by atoms with E-state index in [1.807, 2.05) is 13.8 Å². The minimum atomic E-state index is -0.414. The SMILES string of the molecule is CCc1cc(O)c2c(c1C)COC2=O. The van der Waals surface area contributed by atoms with E-state index in [1.54, 1.807) is 6.07 Å². The number of ether oxygens (including phenoxy) is 1. The number of carbonyl (C=O) groups excluding carboxylic acids is 1. The normalized spacial score (nSPS) is 14.0. The highest BCUT2D eigenvalue weighted by Gasteiger charge is 2.27. The molecule has 1 aliphatic heterocycles. The fourth-order valence-corrected chi connectivity index (χ4v) is 1.87. The third-order valence-corrected chi connectivity index (χ3v) is 2.74. The molecule has 1 heterocycles. The van der Waals surface area contributed by atoms with E-state index in [9.17, 15) is 9.90 Å². The summed E-state index contributed by atoms with van der Waals surface area (Å²) in [6.07, 6.45) is 0.848. The molecule has 0 radical (unpaired) electrons. The molecule has 0 spiro atoms. The number of esters is 1. The van der Waals surface area contributed by atoms with Crippen molar-refractivity contribution in [2.45, 2.75) is 26.9 Å². The molecule has 0 amide bonds. The van der Waals surface area contributed by atoms with Crippen molar-refractivity contribution < 1.29 is 14.6 Å². The zero-order valence-electron chi connectivity index (χ0n) is 8.26. The highest BCUT2D eigenvalue weighted by Crippen LogP contribution is 2.33. The van der Waals surface area contributed by atoms with E-state index >= 15 is 0 Å². The molecule has 0 bridgehead atoms. The maximum atomic E-state index is 11.3. The van der Waals surface area contributed by atoms with Gasteiger partial charge in [0.25, 0.3) is 0 Å². The molecule has 1 N–H and O–H groups in total. The molecule has 3 nitrogen and oxygen atoms in total. The number of aryl methyl sites for hydroxylation is 1. The molecule has 1 aromatic rings. The van der Waals surface area contributed by atoms with Gasteiger partial charge in [-0.1, -0.05) is 6.92 Å². The summed E-state index contributed by atoms with van der Waals surface area (Å²) in [7, 11) is 0. The summed E-state index contributed by atoms with van der Waals surface area (Å²) in [6.45, 7) is 4.27. The molecule has 0 aromatic heterocycles. The van der Waals surface area contributed by atoms with Crippen molar-refractivity contribution in [2.75, 3.05) is 0 Å². The summed E-state index contributed by atoms with van der Waals surface area (Å²) in [5.41, 5.74) is 3.32. The number of hydrogen-bond acceptors (Lipinski definition) is 3. The van der Waals surface area contributed by atoms with Gasteiger partial charge in [0.05, 0.1) is 0 Å². The van der Waals surface area contributed by atoms with Gasteiger partial charge < -0.3 is 9.84 Å². The summed E-state index contributed by atoms with van der Waals surface area (Å²) in [6, 6.07) is 1.65. The van der Waals surface area contributed by atoms with E-state index in [1.165, 1.54) is 0 Å². The van der Waals surface area contributed by atoms with Crippen LogP contribution in [-0.2, 0) is 17.8 Å². The summed E-state index contributed by atoms with van der Waals surface area (Å²) < 4.78 is 4.89. The molecule has 3 heteroatoms. The number of fused-ring (bicyclic) bond motifs is 1. The minimum Gasteiger partial charge on any atom is -0.507 e. The van der Waals surface area contributed by atoms with Gasteiger partial charge in [0.1, 0.15) is 17.9 Å². The summed E-state index contributed by atoms with van der Waals surface area (Å²) in [5, 5.41) is 9.64. The molecular weight excluding hydrogens is 180 g/mol. The second-order valence-electron chi connectivity index (χ2n) is 3.46. The summed E-state index contributed by atoms with van der Waals surface area (Å²) in [5.74, 6) is -0.367. The quantitative estimate of drug-likeness (QED) is 0.691. The molecule has 1 aliphatic rings. The van der Waals surface area contributed by atoms with Crippen molar-refractivity contribution in [3.05, 3.63) is 28.3 Å². The lowest BCUT2D eigenvalue weighted by Gasteiger charge is -2.08. The van der Waals surface area contributed by atoms with Crippen LogP contribution in [-0.4, -0.2) is 11.1 Å². The Bertz CT molecular complexity index is 407. The number of carbonyl (C=O) groups is 1. The molecule has 0 fully saturated rings. The van der Waals surface area contributed by atoms with Crippen molar-refractivity contribution >= 4 is 5.97 Å². The lowest BCUT2D eigenvalue weighted by molar-refractivity contribution is 0.0533. The first kappa shape index (κ1) is 9.06. The van der Waals surface area contributed by atoms with Gasteiger partial charge in [0, 0.05) is 5.56 Å². The van der Waals surface area contributed by atoms with Crippen LogP contribution in [0.1, 0.15) is 34.0 Å². The molecule has 0 saturated heterocycles. The number of cyclic esters (lactones) is 1. The zero-order chi connectivity index (χ0) is 10.3. The smallest absolute Gasteiger partial charge is 0.342 e. The van der Waals surface area contributed by atoms with Crippen LogP contribution < -0.4 is 0 Å². The van der Waals surface area contributed by atoms with E-state index in [-0.39, 0.29) is 5.75 Å². The minimum absolute atomic E-state index is 0.0463. The lowest BCUT2D eigenvalue weighted by atomic mass is 9.96. The highest BCUT2D eigenvalue weighted by molar-refractivity contribution is 5.96. The highest BCUT2D eigenvalue weighted by atomic mass is 16.5. The number of benzene rings is 1. The van der Waals surface area contributed by atoms with Gasteiger partial charge in [0.15, 0.2) is 0 Å². The van der Waals surface area contributed by atoms with Crippen LogP contribution in [0.25, 0.3) is 0 Å². The summed E-state index contributed by atoms with van der Waals surface area (Å²) in [4.78, 5) is 11.3. The van der Waals surface area contributed by atoms with Crippen molar-refractivity contribution in [1.29, 1.82) is 0 Å². The standard InChI is InChI=1S/C11H12O3/c1-3-7-4-9(12)10-8(6(7)2)5-14-11(10)13/h4,12H,3,5H2,1-2H3. The van der Waals surface area contributed by atoms with Gasteiger partial charge in [-0.15, -0.1) is 0 Å². The predicted octanol–water partition coefficient (Wildman–Crippen LogP) is 1.93. The molecule has 0 saturated carbocycles. The fraction of sp³-hybridized carbons (Fsp3) is 0.364. The molecule has 14 heavy (non-hydrogen) atoms. The van der Waals surface area contributed by atoms with Crippen LogP contribution in [0.2, 0.25) is 0 Å². The first-order valence-corrected chi connectivity index (χ1v) is 4.66. The second kappa shape index (κ2) is 3.01. The van der Waals surface area contributed by atoms with E-state index in [0.29, 0.717) is 12.2 Å². The molecular formula is C11H12O3. The number of aromatic hydroxyl groups is 1. The monoisotopic (exact) mass is 192 g/mol. The fourth-order valence-electron chi connectivity index (χ4n) is 1.87. The first-order valence-electron chi connectivity index (χ1n) is 4.66. The average molecular weight is 192 g/mol. The summed E-state index contributed by atoms with van der Waals surface area (Å²) >= 11 is 0. The van der Waals surface area contributed by atoms with Crippen LogP contribution in [0, 0.1) is 6.92 Å². The largest absolute Gasteiger partial charge is 0.507 e. The van der Waals surface area contributed by atoms with Crippen LogP contribution in [0.15, 0.2) is 6.07 Å². The Hall–Kier alpha value is -1.51. The Labute approximate surface area is 82.3 Å². The van der Waals surface area contributed by atoms with Gasteiger partial charge in [-0.25, -0.2) is 4.79 Å². The third-order valence-electron chi connectivity index (χ3n) is 2.74. The molecule has 74 valence electrons. The van der Waals surface area contributed by atoms with Crippen LogP contribution in [0.5, 0.6) is 5.75 Å². The Morgan fingerprint density at radius 3 is 2.93 bits per heavy atom. The van der Waals surface area contributed by atoms with E-state index in [0.717, 1.165) is 23.1 Å². The van der Waals surface area contributed by atoms with Gasteiger partial charge in [-0.05, 0) is 30.5 Å². The van der Waals surface area contributed by atoms with Crippen molar-refractivity contribution in [3.8, 4) is 5.75 Å². The van der Waals surface area contributed by atoms with Crippen molar-refractivity contribution in [2.24, 2.45) is 0 Å². The van der Waals surface area contributed by atoms with Gasteiger partial charge in [0.2, 0.25) is 0 Å².